The molecule has 10 heteroatoms. The molecule has 0 saturated carbocycles. The molecule has 0 bridgehead atoms. The lowest BCUT2D eigenvalue weighted by Crippen LogP contribution is -2.17. The van der Waals surface area contributed by atoms with Crippen LogP contribution in [0, 0.1) is 13.8 Å². The number of hydrogen-bond acceptors (Lipinski definition) is 5. The quantitative estimate of drug-likeness (QED) is 0.731. The van der Waals surface area contributed by atoms with Crippen LogP contribution in [0.3, 0.4) is 0 Å². The number of carboxylic acids is 1. The number of aromatic nitrogens is 3. The summed E-state index contributed by atoms with van der Waals surface area (Å²) in [5.74, 6) is -1.44. The zero-order chi connectivity index (χ0) is 15.8. The number of halogens is 1. The Morgan fingerprint density at radius 3 is 2.67 bits per heavy atom. The molecule has 8 nitrogen and oxygen atoms in total. The normalized spacial score (nSPS) is 11.4. The van der Waals surface area contributed by atoms with Gasteiger partial charge < -0.3 is 5.11 Å². The molecule has 0 fully saturated rings. The molecule has 0 radical (unpaired) electrons. The van der Waals surface area contributed by atoms with Gasteiger partial charge in [-0.25, -0.2) is 18.2 Å². The Hall–Kier alpha value is -2.13. The van der Waals surface area contributed by atoms with Crippen molar-refractivity contribution >= 4 is 33.3 Å². The van der Waals surface area contributed by atoms with Crippen molar-refractivity contribution in [2.24, 2.45) is 0 Å². The highest BCUT2D eigenvalue weighted by Gasteiger charge is 2.28. The molecule has 0 aliphatic carbocycles. The molecular weight excluding hydrogens is 320 g/mol. The Labute approximate surface area is 125 Å². The molecule has 0 aliphatic heterocycles. The topological polar surface area (TPSA) is 125 Å². The van der Waals surface area contributed by atoms with E-state index in [9.17, 15) is 13.2 Å². The number of carbonyl (C=O) groups is 1. The predicted octanol–water partition coefficient (Wildman–Crippen LogP) is 1.57. The summed E-state index contributed by atoms with van der Waals surface area (Å²) in [5.41, 5.74) is 0.310. The van der Waals surface area contributed by atoms with Gasteiger partial charge in [-0.05, 0) is 25.5 Å². The Morgan fingerprint density at radius 1 is 1.43 bits per heavy atom. The number of aryl methyl sites for hydroxylation is 2. The summed E-state index contributed by atoms with van der Waals surface area (Å²) < 4.78 is 26.9. The van der Waals surface area contributed by atoms with Crippen LogP contribution in [-0.2, 0) is 10.0 Å². The summed E-state index contributed by atoms with van der Waals surface area (Å²) in [6, 6.07) is 1.49. The molecule has 0 aliphatic rings. The lowest BCUT2D eigenvalue weighted by atomic mass is 10.3. The van der Waals surface area contributed by atoms with Crippen molar-refractivity contribution in [2.75, 3.05) is 4.72 Å². The number of pyridine rings is 1. The van der Waals surface area contributed by atoms with E-state index in [4.69, 9.17) is 16.7 Å². The standard InChI is InChI=1S/C11H11ClN4O4S/c1-5-3-7(4-13-10(5)12)16-21(19,20)9-6(2)14-15-8(9)11(17)18/h3-4,16H,1-2H3,(H,14,15)(H,17,18). The van der Waals surface area contributed by atoms with Gasteiger partial charge in [0.15, 0.2) is 5.69 Å². The maximum atomic E-state index is 12.3. The number of nitrogens with zero attached hydrogens (tertiary/aromatic N) is 2. The third-order valence-corrected chi connectivity index (χ3v) is 4.57. The SMILES string of the molecule is Cc1cc(NS(=O)(=O)c2c(C(=O)O)n[nH]c2C)cnc1Cl. The largest absolute Gasteiger partial charge is 0.476 e. The second-order valence-electron chi connectivity index (χ2n) is 4.27. The zero-order valence-electron chi connectivity index (χ0n) is 11.0. The van der Waals surface area contributed by atoms with E-state index in [0.717, 1.165) is 0 Å². The molecule has 0 saturated heterocycles. The molecule has 21 heavy (non-hydrogen) atoms. The number of nitrogens with one attached hydrogen (secondary N) is 2. The van der Waals surface area contributed by atoms with Gasteiger partial charge in [-0.2, -0.15) is 5.10 Å². The Kier molecular flexibility index (Phi) is 3.88. The van der Waals surface area contributed by atoms with Crippen LogP contribution in [0.5, 0.6) is 0 Å². The number of anilines is 1. The Balaban J connectivity index is 2.45. The average Bonchev–Trinajstić information content (AvgIpc) is 2.76. The fraction of sp³-hybridized carbons (Fsp3) is 0.182. The highest BCUT2D eigenvalue weighted by Crippen LogP contribution is 2.23. The van der Waals surface area contributed by atoms with Gasteiger partial charge in [0.05, 0.1) is 17.6 Å². The minimum Gasteiger partial charge on any atom is -0.476 e. The van der Waals surface area contributed by atoms with E-state index in [0.29, 0.717) is 5.56 Å². The summed E-state index contributed by atoms with van der Waals surface area (Å²) in [5, 5.41) is 15.1. The maximum Gasteiger partial charge on any atom is 0.357 e. The van der Waals surface area contributed by atoms with Gasteiger partial charge in [-0.3, -0.25) is 9.82 Å². The Bertz CT molecular complexity index is 816. The molecule has 2 heterocycles. The molecule has 112 valence electrons. The van der Waals surface area contributed by atoms with Gasteiger partial charge in [0.1, 0.15) is 10.0 Å². The molecule has 0 spiro atoms. The molecule has 0 unspecified atom stereocenters. The number of carboxylic acid groups (broad SMARTS) is 1. The minimum absolute atomic E-state index is 0.124. The van der Waals surface area contributed by atoms with Gasteiger partial charge >= 0.3 is 5.97 Å². The average molecular weight is 331 g/mol. The van der Waals surface area contributed by atoms with Crippen molar-refractivity contribution in [3.8, 4) is 0 Å². The lowest BCUT2D eigenvalue weighted by molar-refractivity contribution is 0.0686. The summed E-state index contributed by atoms with van der Waals surface area (Å²) in [6.07, 6.45) is 1.24. The van der Waals surface area contributed by atoms with Crippen molar-refractivity contribution in [3.63, 3.8) is 0 Å². The van der Waals surface area contributed by atoms with Crippen LogP contribution in [0.25, 0.3) is 0 Å². The van der Waals surface area contributed by atoms with E-state index in [1.54, 1.807) is 6.92 Å². The van der Waals surface area contributed by atoms with Crippen LogP contribution in [0.4, 0.5) is 5.69 Å². The second kappa shape index (κ2) is 5.34. The number of aromatic carboxylic acids is 1. The van der Waals surface area contributed by atoms with Gasteiger partial charge in [-0.15, -0.1) is 0 Å². The smallest absolute Gasteiger partial charge is 0.357 e. The van der Waals surface area contributed by atoms with Crippen molar-refractivity contribution < 1.29 is 18.3 Å². The van der Waals surface area contributed by atoms with Crippen LogP contribution in [-0.4, -0.2) is 34.7 Å². The van der Waals surface area contributed by atoms with Gasteiger partial charge in [-0.1, -0.05) is 11.6 Å². The third kappa shape index (κ3) is 2.98. The van der Waals surface area contributed by atoms with Crippen molar-refractivity contribution in [1.29, 1.82) is 0 Å². The number of H-pyrrole nitrogens is 1. The molecular formula is C11H11ClN4O4S. The highest BCUT2D eigenvalue weighted by molar-refractivity contribution is 7.92. The molecule has 3 N–H and O–H groups in total. The van der Waals surface area contributed by atoms with Crippen molar-refractivity contribution in [3.05, 3.63) is 34.4 Å². The third-order valence-electron chi connectivity index (χ3n) is 2.63. The van der Waals surface area contributed by atoms with Crippen molar-refractivity contribution in [2.45, 2.75) is 18.7 Å². The first-order valence-corrected chi connectivity index (χ1v) is 7.51. The number of hydrogen-bond donors (Lipinski definition) is 3. The van der Waals surface area contributed by atoms with E-state index in [2.05, 4.69) is 19.9 Å². The van der Waals surface area contributed by atoms with Crippen LogP contribution in [0.15, 0.2) is 17.2 Å². The number of rotatable bonds is 4. The fourth-order valence-corrected chi connectivity index (χ4v) is 3.18. The van der Waals surface area contributed by atoms with Crippen molar-refractivity contribution in [1.82, 2.24) is 15.2 Å². The predicted molar refractivity (Wildman–Crippen MR) is 75.1 cm³/mol. The van der Waals surface area contributed by atoms with Gasteiger partial charge in [0, 0.05) is 0 Å². The van der Waals surface area contributed by atoms with E-state index in [1.807, 2.05) is 0 Å². The summed E-state index contributed by atoms with van der Waals surface area (Å²) >= 11 is 5.76. The molecule has 2 aromatic rings. The van der Waals surface area contributed by atoms with Gasteiger partial charge in [0.2, 0.25) is 0 Å². The van der Waals surface area contributed by atoms with E-state index in [-0.39, 0.29) is 16.5 Å². The summed E-state index contributed by atoms with van der Waals surface area (Å²) in [4.78, 5) is 14.4. The maximum absolute atomic E-state index is 12.3. The number of aromatic amines is 1. The van der Waals surface area contributed by atoms with E-state index in [1.165, 1.54) is 19.2 Å². The fourth-order valence-electron chi connectivity index (χ4n) is 1.71. The van der Waals surface area contributed by atoms with E-state index < -0.39 is 26.6 Å². The highest BCUT2D eigenvalue weighted by atomic mass is 35.5. The van der Waals surface area contributed by atoms with Crippen LogP contribution in [0.1, 0.15) is 21.7 Å². The Morgan fingerprint density at radius 2 is 2.10 bits per heavy atom. The molecule has 0 atom stereocenters. The summed E-state index contributed by atoms with van der Waals surface area (Å²) in [7, 11) is -4.11. The first-order chi connectivity index (χ1) is 9.72. The second-order valence-corrected chi connectivity index (χ2v) is 6.25. The van der Waals surface area contributed by atoms with Gasteiger partial charge in [0.25, 0.3) is 10.0 Å². The monoisotopic (exact) mass is 330 g/mol. The minimum atomic E-state index is -4.11. The van der Waals surface area contributed by atoms with Crippen LogP contribution >= 0.6 is 11.6 Å². The number of sulfonamides is 1. The molecule has 2 aromatic heterocycles. The van der Waals surface area contributed by atoms with Crippen LogP contribution < -0.4 is 4.72 Å². The summed E-state index contributed by atoms with van der Waals surface area (Å²) in [6.45, 7) is 3.08. The van der Waals surface area contributed by atoms with E-state index >= 15 is 0 Å². The van der Waals surface area contributed by atoms with Crippen LogP contribution in [0.2, 0.25) is 5.15 Å². The first kappa shape index (κ1) is 15.3. The molecule has 2 rings (SSSR count). The molecule has 0 amide bonds. The molecule has 0 aromatic carbocycles. The first-order valence-electron chi connectivity index (χ1n) is 5.65. The lowest BCUT2D eigenvalue weighted by Gasteiger charge is -2.08. The zero-order valence-corrected chi connectivity index (χ0v) is 12.6.